The van der Waals surface area contributed by atoms with Crippen LogP contribution < -0.4 is 0 Å². The maximum atomic E-state index is 11.5. The molecule has 0 aromatic carbocycles. The van der Waals surface area contributed by atoms with Crippen molar-refractivity contribution in [3.8, 4) is 0 Å². The number of aliphatic hydroxyl groups is 1. The average molecular weight is 261 g/mol. The minimum absolute atomic E-state index is 0.0119. The number of rotatable bonds is 8. The zero-order valence-corrected chi connectivity index (χ0v) is 10.6. The molecule has 1 heterocycles. The smallest absolute Gasteiger partial charge is 0.303 e. The lowest BCUT2D eigenvalue weighted by Crippen LogP contribution is -2.37. The molecular formula is C11H19NO4S. The highest BCUT2D eigenvalue weighted by Crippen LogP contribution is 2.18. The maximum absolute atomic E-state index is 11.5. The highest BCUT2D eigenvalue weighted by atomic mass is 32.2. The second-order valence-electron chi connectivity index (χ2n) is 4.07. The fourth-order valence-electron chi connectivity index (χ4n) is 1.88. The maximum Gasteiger partial charge on any atom is 0.303 e. The molecule has 0 bridgehead atoms. The molecule has 6 heteroatoms. The molecule has 17 heavy (non-hydrogen) atoms. The lowest BCUT2D eigenvalue weighted by Gasteiger charge is -2.22. The molecule has 2 N–H and O–H groups in total. The van der Waals surface area contributed by atoms with Gasteiger partial charge in [0.05, 0.1) is 12.6 Å². The van der Waals surface area contributed by atoms with Gasteiger partial charge < -0.3 is 15.1 Å². The number of carbonyl (C=O) groups excluding carboxylic acids is 1. The van der Waals surface area contributed by atoms with Crippen LogP contribution in [-0.4, -0.2) is 57.7 Å². The van der Waals surface area contributed by atoms with E-state index in [0.717, 1.165) is 17.9 Å². The molecule has 1 saturated heterocycles. The molecule has 98 valence electrons. The molecule has 1 fully saturated rings. The Morgan fingerprint density at radius 2 is 2.24 bits per heavy atom. The molecule has 1 amide bonds. The van der Waals surface area contributed by atoms with Gasteiger partial charge in [0.1, 0.15) is 0 Å². The quantitative estimate of drug-likeness (QED) is 0.625. The van der Waals surface area contributed by atoms with Crippen LogP contribution in [0.3, 0.4) is 0 Å². The van der Waals surface area contributed by atoms with Gasteiger partial charge in [0.25, 0.3) is 0 Å². The summed E-state index contributed by atoms with van der Waals surface area (Å²) in [5, 5.41) is 17.5. The first-order valence-corrected chi connectivity index (χ1v) is 7.00. The SMILES string of the molecule is O=C(O)CCCSCCN1C(=O)CC[C@@H]1CO. The van der Waals surface area contributed by atoms with Gasteiger partial charge in [-0.1, -0.05) is 0 Å². The highest BCUT2D eigenvalue weighted by Gasteiger charge is 2.29. The summed E-state index contributed by atoms with van der Waals surface area (Å²) in [6, 6.07) is -0.0119. The van der Waals surface area contributed by atoms with E-state index in [1.54, 1.807) is 16.7 Å². The number of likely N-dealkylation sites (tertiary alicyclic amines) is 1. The molecule has 0 aromatic rings. The van der Waals surface area contributed by atoms with Crippen LogP contribution >= 0.6 is 11.8 Å². The van der Waals surface area contributed by atoms with Crippen LogP contribution in [0.2, 0.25) is 0 Å². The third-order valence-electron chi connectivity index (χ3n) is 2.82. The molecule has 1 atom stereocenters. The Hall–Kier alpha value is -0.750. The van der Waals surface area contributed by atoms with Gasteiger partial charge in [0, 0.05) is 25.1 Å². The van der Waals surface area contributed by atoms with Crippen LogP contribution in [0, 0.1) is 0 Å². The van der Waals surface area contributed by atoms with E-state index in [1.165, 1.54) is 0 Å². The predicted molar refractivity (Wildman–Crippen MR) is 66.0 cm³/mol. The molecular weight excluding hydrogens is 242 g/mol. The van der Waals surface area contributed by atoms with E-state index < -0.39 is 5.97 Å². The van der Waals surface area contributed by atoms with Crippen LogP contribution in [0.5, 0.6) is 0 Å². The first-order valence-electron chi connectivity index (χ1n) is 5.85. The van der Waals surface area contributed by atoms with Crippen LogP contribution in [0.15, 0.2) is 0 Å². The number of aliphatic carboxylic acids is 1. The average Bonchev–Trinajstić information content (AvgIpc) is 2.64. The van der Waals surface area contributed by atoms with Crippen molar-refractivity contribution < 1.29 is 19.8 Å². The van der Waals surface area contributed by atoms with Crippen molar-refractivity contribution in [2.24, 2.45) is 0 Å². The van der Waals surface area contributed by atoms with Gasteiger partial charge in [-0.2, -0.15) is 11.8 Å². The number of hydrogen-bond donors (Lipinski definition) is 2. The van der Waals surface area contributed by atoms with Gasteiger partial charge in [-0.3, -0.25) is 9.59 Å². The second kappa shape index (κ2) is 7.55. The van der Waals surface area contributed by atoms with Gasteiger partial charge in [-0.25, -0.2) is 0 Å². The van der Waals surface area contributed by atoms with Crippen molar-refractivity contribution in [3.05, 3.63) is 0 Å². The van der Waals surface area contributed by atoms with E-state index in [1.807, 2.05) is 0 Å². The monoisotopic (exact) mass is 261 g/mol. The Labute approximate surface area is 105 Å². The van der Waals surface area contributed by atoms with Crippen LogP contribution in [-0.2, 0) is 9.59 Å². The lowest BCUT2D eigenvalue weighted by atomic mass is 10.2. The first kappa shape index (κ1) is 14.3. The molecule has 5 nitrogen and oxygen atoms in total. The summed E-state index contributed by atoms with van der Waals surface area (Å²) >= 11 is 1.66. The van der Waals surface area contributed by atoms with E-state index in [4.69, 9.17) is 10.2 Å². The number of hydrogen-bond acceptors (Lipinski definition) is 4. The zero-order valence-electron chi connectivity index (χ0n) is 9.80. The number of aliphatic hydroxyl groups excluding tert-OH is 1. The number of amides is 1. The summed E-state index contributed by atoms with van der Waals surface area (Å²) in [5.41, 5.74) is 0. The fraction of sp³-hybridized carbons (Fsp3) is 0.818. The summed E-state index contributed by atoms with van der Waals surface area (Å²) in [6.07, 6.45) is 2.15. The minimum Gasteiger partial charge on any atom is -0.481 e. The molecule has 0 aromatic heterocycles. The van der Waals surface area contributed by atoms with E-state index in [0.29, 0.717) is 19.4 Å². The number of nitrogens with zero attached hydrogens (tertiary/aromatic N) is 1. The molecule has 1 rings (SSSR count). The van der Waals surface area contributed by atoms with Gasteiger partial charge >= 0.3 is 5.97 Å². The van der Waals surface area contributed by atoms with E-state index in [-0.39, 0.29) is 25.0 Å². The standard InChI is InChI=1S/C11H19NO4S/c13-8-9-3-4-10(14)12(9)5-7-17-6-1-2-11(15)16/h9,13H,1-8H2,(H,15,16)/t9-/m1/s1. The van der Waals surface area contributed by atoms with Gasteiger partial charge in [-0.15, -0.1) is 0 Å². The summed E-state index contributed by atoms with van der Waals surface area (Å²) < 4.78 is 0. The largest absolute Gasteiger partial charge is 0.481 e. The molecule has 0 aliphatic carbocycles. The van der Waals surface area contributed by atoms with Crippen molar-refractivity contribution in [2.75, 3.05) is 24.7 Å². The van der Waals surface area contributed by atoms with Gasteiger partial charge in [-0.05, 0) is 18.6 Å². The Morgan fingerprint density at radius 1 is 1.47 bits per heavy atom. The summed E-state index contributed by atoms with van der Waals surface area (Å²) in [5.74, 6) is 0.968. The summed E-state index contributed by atoms with van der Waals surface area (Å²) in [4.78, 5) is 23.5. The van der Waals surface area contributed by atoms with E-state index in [9.17, 15) is 9.59 Å². The second-order valence-corrected chi connectivity index (χ2v) is 5.30. The molecule has 0 radical (unpaired) electrons. The zero-order chi connectivity index (χ0) is 12.7. The first-order chi connectivity index (χ1) is 8.15. The third-order valence-corrected chi connectivity index (χ3v) is 3.87. The number of carboxylic acid groups (broad SMARTS) is 1. The highest BCUT2D eigenvalue weighted by molar-refractivity contribution is 7.99. The molecule has 0 unspecified atom stereocenters. The van der Waals surface area contributed by atoms with Crippen molar-refractivity contribution in [1.82, 2.24) is 4.90 Å². The Balaban J connectivity index is 2.09. The van der Waals surface area contributed by atoms with Crippen molar-refractivity contribution >= 4 is 23.6 Å². The summed E-state index contributed by atoms with van der Waals surface area (Å²) in [6.45, 7) is 0.692. The predicted octanol–water partition coefficient (Wildman–Crippen LogP) is 0.568. The van der Waals surface area contributed by atoms with Crippen LogP contribution in [0.4, 0.5) is 0 Å². The van der Waals surface area contributed by atoms with Crippen molar-refractivity contribution in [2.45, 2.75) is 31.7 Å². The number of thioether (sulfide) groups is 1. The minimum atomic E-state index is -0.763. The normalized spacial score (nSPS) is 19.9. The summed E-state index contributed by atoms with van der Waals surface area (Å²) in [7, 11) is 0. The molecule has 0 spiro atoms. The Kier molecular flexibility index (Phi) is 6.36. The topological polar surface area (TPSA) is 77.8 Å². The van der Waals surface area contributed by atoms with Gasteiger partial charge in [0.2, 0.25) is 5.91 Å². The number of carboxylic acids is 1. The van der Waals surface area contributed by atoms with Crippen LogP contribution in [0.1, 0.15) is 25.7 Å². The Bertz CT molecular complexity index is 272. The van der Waals surface area contributed by atoms with Crippen molar-refractivity contribution in [3.63, 3.8) is 0 Å². The Morgan fingerprint density at radius 3 is 2.88 bits per heavy atom. The van der Waals surface area contributed by atoms with Gasteiger partial charge in [0.15, 0.2) is 0 Å². The van der Waals surface area contributed by atoms with E-state index in [2.05, 4.69) is 0 Å². The fourth-order valence-corrected chi connectivity index (χ4v) is 2.76. The molecule has 1 aliphatic rings. The van der Waals surface area contributed by atoms with E-state index >= 15 is 0 Å². The van der Waals surface area contributed by atoms with Crippen molar-refractivity contribution in [1.29, 1.82) is 0 Å². The number of carbonyl (C=O) groups is 2. The molecule has 1 aliphatic heterocycles. The lowest BCUT2D eigenvalue weighted by molar-refractivity contribution is -0.137. The molecule has 0 saturated carbocycles. The van der Waals surface area contributed by atoms with Crippen LogP contribution in [0.25, 0.3) is 0 Å². The third kappa shape index (κ3) is 4.95.